The lowest BCUT2D eigenvalue weighted by Crippen LogP contribution is -2.19. The lowest BCUT2D eigenvalue weighted by Gasteiger charge is -1.99. The predicted molar refractivity (Wildman–Crippen MR) is 70.3 cm³/mol. The molecule has 112 valence electrons. The first-order valence-electron chi connectivity index (χ1n) is 6.87. The van der Waals surface area contributed by atoms with Crippen molar-refractivity contribution in [2.45, 2.75) is 38.1 Å². The highest BCUT2D eigenvalue weighted by Gasteiger charge is 2.29. The van der Waals surface area contributed by atoms with Gasteiger partial charge in [-0.1, -0.05) is 10.3 Å². The van der Waals surface area contributed by atoms with Gasteiger partial charge in [0, 0.05) is 18.7 Å². The largest absolute Gasteiger partial charge is 0.408 e. The molecule has 0 spiro atoms. The van der Waals surface area contributed by atoms with E-state index in [-0.39, 0.29) is 25.1 Å². The zero-order valence-electron chi connectivity index (χ0n) is 11.4. The van der Waals surface area contributed by atoms with E-state index >= 15 is 0 Å². The van der Waals surface area contributed by atoms with Crippen LogP contribution in [0.3, 0.4) is 0 Å². The average molecular weight is 292 g/mol. The summed E-state index contributed by atoms with van der Waals surface area (Å²) in [5.41, 5.74) is 0.741. The number of amides is 1. The highest BCUT2D eigenvalue weighted by Crippen LogP contribution is 2.39. The van der Waals surface area contributed by atoms with Gasteiger partial charge in [-0.05, 0) is 25.7 Å². The number of carbonyl (C=O) groups is 1. The third-order valence-electron chi connectivity index (χ3n) is 3.10. The van der Waals surface area contributed by atoms with Gasteiger partial charge in [-0.2, -0.15) is 0 Å². The highest BCUT2D eigenvalue weighted by molar-refractivity contribution is 5.88. The number of nitrogens with one attached hydrogen (secondary N) is 1. The Bertz CT molecular complexity index is 618. The van der Waals surface area contributed by atoms with E-state index in [1.807, 2.05) is 0 Å². The maximum Gasteiger partial charge on any atom is 0.322 e. The van der Waals surface area contributed by atoms with Crippen LogP contribution in [0.15, 0.2) is 10.6 Å². The van der Waals surface area contributed by atoms with Gasteiger partial charge in [0.2, 0.25) is 11.8 Å². The Hall–Kier alpha value is -2.29. The smallest absolute Gasteiger partial charge is 0.322 e. The molecule has 2 N–H and O–H groups in total. The molecule has 2 heterocycles. The maximum atomic E-state index is 11.8. The molecule has 0 saturated heterocycles. The lowest BCUT2D eigenvalue weighted by atomic mass is 10.3. The summed E-state index contributed by atoms with van der Waals surface area (Å²) in [5.74, 6) is 0.629. The van der Waals surface area contributed by atoms with Crippen molar-refractivity contribution >= 4 is 11.9 Å². The van der Waals surface area contributed by atoms with Crippen molar-refractivity contribution in [3.05, 3.63) is 17.8 Å². The molecule has 9 heteroatoms. The first kappa shape index (κ1) is 13.7. The SMILES string of the molecule is O=C(Cn1cc(CCCO)nn1)Nc1nnc(C2CC2)o1. The van der Waals surface area contributed by atoms with Crippen LogP contribution < -0.4 is 5.32 Å². The van der Waals surface area contributed by atoms with Crippen LogP contribution in [0.4, 0.5) is 6.01 Å². The fraction of sp³-hybridized carbons (Fsp3) is 0.583. The molecule has 2 aromatic heterocycles. The molecule has 9 nitrogen and oxygen atoms in total. The third-order valence-corrected chi connectivity index (χ3v) is 3.10. The van der Waals surface area contributed by atoms with E-state index in [1.165, 1.54) is 4.68 Å². The van der Waals surface area contributed by atoms with Gasteiger partial charge in [-0.15, -0.1) is 10.2 Å². The summed E-state index contributed by atoms with van der Waals surface area (Å²) >= 11 is 0. The van der Waals surface area contributed by atoms with Gasteiger partial charge < -0.3 is 9.52 Å². The van der Waals surface area contributed by atoms with Crippen molar-refractivity contribution in [2.75, 3.05) is 11.9 Å². The molecule has 1 aliphatic rings. The molecule has 21 heavy (non-hydrogen) atoms. The molecule has 0 aliphatic heterocycles. The minimum atomic E-state index is -0.306. The molecule has 1 aliphatic carbocycles. The Morgan fingerprint density at radius 3 is 3.05 bits per heavy atom. The number of nitrogens with zero attached hydrogens (tertiary/aromatic N) is 5. The summed E-state index contributed by atoms with van der Waals surface area (Å²) in [6.45, 7) is 0.126. The summed E-state index contributed by atoms with van der Waals surface area (Å²) < 4.78 is 6.78. The van der Waals surface area contributed by atoms with E-state index in [9.17, 15) is 4.79 Å². The Morgan fingerprint density at radius 2 is 2.29 bits per heavy atom. The van der Waals surface area contributed by atoms with Crippen LogP contribution in [-0.2, 0) is 17.8 Å². The number of hydrogen-bond acceptors (Lipinski definition) is 7. The summed E-state index contributed by atoms with van der Waals surface area (Å²) in [6.07, 6.45) is 5.05. The minimum Gasteiger partial charge on any atom is -0.408 e. The van der Waals surface area contributed by atoms with Crippen LogP contribution in [0.5, 0.6) is 0 Å². The van der Waals surface area contributed by atoms with Crippen LogP contribution in [-0.4, -0.2) is 42.8 Å². The second kappa shape index (κ2) is 6.00. The second-order valence-corrected chi connectivity index (χ2v) is 5.00. The quantitative estimate of drug-likeness (QED) is 0.742. The Kier molecular flexibility index (Phi) is 3.91. The molecule has 1 fully saturated rings. The zero-order chi connectivity index (χ0) is 14.7. The van der Waals surface area contributed by atoms with Gasteiger partial charge in [0.05, 0.1) is 5.69 Å². The van der Waals surface area contributed by atoms with Crippen molar-refractivity contribution in [2.24, 2.45) is 0 Å². The molecule has 0 unspecified atom stereocenters. The average Bonchev–Trinajstić information content (AvgIpc) is 3.06. The van der Waals surface area contributed by atoms with E-state index in [2.05, 4.69) is 25.8 Å². The predicted octanol–water partition coefficient (Wildman–Crippen LogP) is 0.102. The molecule has 1 saturated carbocycles. The fourth-order valence-corrected chi connectivity index (χ4v) is 1.88. The Labute approximate surface area is 120 Å². The van der Waals surface area contributed by atoms with Crippen LogP contribution >= 0.6 is 0 Å². The molecule has 1 amide bonds. The number of hydrogen-bond donors (Lipinski definition) is 2. The van der Waals surface area contributed by atoms with Crippen molar-refractivity contribution in [3.8, 4) is 0 Å². The summed E-state index contributed by atoms with van der Waals surface area (Å²) in [5, 5.41) is 26.7. The van der Waals surface area contributed by atoms with E-state index in [0.29, 0.717) is 24.7 Å². The van der Waals surface area contributed by atoms with Gasteiger partial charge in [0.25, 0.3) is 0 Å². The second-order valence-electron chi connectivity index (χ2n) is 5.00. The molecule has 3 rings (SSSR count). The third kappa shape index (κ3) is 3.63. The van der Waals surface area contributed by atoms with Gasteiger partial charge in [0.15, 0.2) is 0 Å². The number of aliphatic hydroxyl groups excluding tert-OH is 1. The number of aryl methyl sites for hydroxylation is 1. The van der Waals surface area contributed by atoms with E-state index < -0.39 is 0 Å². The summed E-state index contributed by atoms with van der Waals surface area (Å²) in [6, 6.07) is 0.113. The van der Waals surface area contributed by atoms with Crippen molar-refractivity contribution in [1.82, 2.24) is 25.2 Å². The first-order chi connectivity index (χ1) is 10.2. The minimum absolute atomic E-state index is 0.0211. The monoisotopic (exact) mass is 292 g/mol. The topological polar surface area (TPSA) is 119 Å². The number of aliphatic hydroxyl groups is 1. The van der Waals surface area contributed by atoms with Crippen molar-refractivity contribution < 1.29 is 14.3 Å². The first-order valence-corrected chi connectivity index (χ1v) is 6.87. The van der Waals surface area contributed by atoms with Crippen molar-refractivity contribution in [3.63, 3.8) is 0 Å². The van der Waals surface area contributed by atoms with Gasteiger partial charge in [-0.3, -0.25) is 10.1 Å². The summed E-state index contributed by atoms with van der Waals surface area (Å²) in [4.78, 5) is 11.8. The summed E-state index contributed by atoms with van der Waals surface area (Å²) in [7, 11) is 0. The number of aromatic nitrogens is 5. The van der Waals surface area contributed by atoms with Crippen LogP contribution in [0.25, 0.3) is 0 Å². The van der Waals surface area contributed by atoms with Crippen LogP contribution in [0.1, 0.15) is 36.8 Å². The Morgan fingerprint density at radius 1 is 1.43 bits per heavy atom. The highest BCUT2D eigenvalue weighted by atomic mass is 16.4. The van der Waals surface area contributed by atoms with E-state index in [4.69, 9.17) is 9.52 Å². The standard InChI is InChI=1S/C12H16N6O3/c19-5-1-2-9-6-18(17-14-9)7-10(20)13-12-16-15-11(21-12)8-3-4-8/h6,8,19H,1-5,7H2,(H,13,16,20). The van der Waals surface area contributed by atoms with Crippen molar-refractivity contribution in [1.29, 1.82) is 0 Å². The molecular weight excluding hydrogens is 276 g/mol. The molecule has 0 radical (unpaired) electrons. The number of anilines is 1. The van der Waals surface area contributed by atoms with Crippen LogP contribution in [0, 0.1) is 0 Å². The molecular formula is C12H16N6O3. The molecule has 0 aromatic carbocycles. The molecule has 0 atom stereocenters. The molecule has 0 bridgehead atoms. The fourth-order valence-electron chi connectivity index (χ4n) is 1.88. The normalized spacial score (nSPS) is 14.3. The number of rotatable bonds is 7. The van der Waals surface area contributed by atoms with E-state index in [1.54, 1.807) is 6.20 Å². The van der Waals surface area contributed by atoms with E-state index in [0.717, 1.165) is 18.5 Å². The molecule has 2 aromatic rings. The number of carbonyl (C=O) groups excluding carboxylic acids is 1. The van der Waals surface area contributed by atoms with Gasteiger partial charge in [0.1, 0.15) is 6.54 Å². The van der Waals surface area contributed by atoms with Gasteiger partial charge >= 0.3 is 6.01 Å². The van der Waals surface area contributed by atoms with Crippen LogP contribution in [0.2, 0.25) is 0 Å². The zero-order valence-corrected chi connectivity index (χ0v) is 11.4. The Balaban J connectivity index is 1.51. The maximum absolute atomic E-state index is 11.8. The van der Waals surface area contributed by atoms with Gasteiger partial charge in [-0.25, -0.2) is 4.68 Å². The lowest BCUT2D eigenvalue weighted by molar-refractivity contribution is -0.117.